The van der Waals surface area contributed by atoms with E-state index in [1.807, 2.05) is 24.3 Å². The van der Waals surface area contributed by atoms with Crippen molar-refractivity contribution in [3.8, 4) is 0 Å². The number of likely N-dealkylation sites (tertiary alicyclic amines) is 1. The second kappa shape index (κ2) is 7.97. The molecule has 0 spiro atoms. The number of aromatic nitrogens is 4. The number of hydrogen-bond donors (Lipinski definition) is 2. The van der Waals surface area contributed by atoms with Crippen molar-refractivity contribution >= 4 is 22.1 Å². The van der Waals surface area contributed by atoms with E-state index in [4.69, 9.17) is 9.97 Å². The van der Waals surface area contributed by atoms with Crippen molar-refractivity contribution in [3.05, 3.63) is 60.2 Å². The number of piperidine rings is 1. The van der Waals surface area contributed by atoms with E-state index in [2.05, 4.69) is 38.7 Å². The summed E-state index contributed by atoms with van der Waals surface area (Å²) in [5.74, 6) is 2.62. The molecule has 6 nitrogen and oxygen atoms in total. The van der Waals surface area contributed by atoms with Gasteiger partial charge in [-0.3, -0.25) is 4.90 Å². The molecule has 0 amide bonds. The van der Waals surface area contributed by atoms with Gasteiger partial charge in [-0.15, -0.1) is 0 Å². The fraction of sp³-hybridized carbons (Fsp3) is 0.391. The molecule has 1 aliphatic rings. The Morgan fingerprint density at radius 3 is 2.69 bits per heavy atom. The van der Waals surface area contributed by atoms with Crippen LogP contribution in [-0.2, 0) is 13.1 Å². The molecule has 5 rings (SSSR count). The first-order valence-electron chi connectivity index (χ1n) is 10.5. The van der Waals surface area contributed by atoms with Crippen molar-refractivity contribution < 1.29 is 5.11 Å². The number of para-hydroxylation sites is 4. The Labute approximate surface area is 170 Å². The van der Waals surface area contributed by atoms with E-state index in [1.165, 1.54) is 12.8 Å². The molecule has 2 N–H and O–H groups in total. The molecule has 1 fully saturated rings. The highest BCUT2D eigenvalue weighted by Crippen LogP contribution is 2.24. The monoisotopic (exact) mass is 389 g/mol. The average molecular weight is 390 g/mol. The molecule has 0 aliphatic carbocycles. The van der Waals surface area contributed by atoms with Gasteiger partial charge in [0.15, 0.2) is 0 Å². The van der Waals surface area contributed by atoms with Crippen LogP contribution in [0.2, 0.25) is 0 Å². The van der Waals surface area contributed by atoms with Crippen LogP contribution in [0.4, 0.5) is 0 Å². The van der Waals surface area contributed by atoms with Crippen LogP contribution < -0.4 is 0 Å². The second-order valence-corrected chi connectivity index (χ2v) is 8.06. The van der Waals surface area contributed by atoms with Crippen molar-refractivity contribution in [3.63, 3.8) is 0 Å². The van der Waals surface area contributed by atoms with Crippen molar-refractivity contribution in [2.24, 2.45) is 5.92 Å². The minimum Gasteiger partial charge on any atom is -0.396 e. The fourth-order valence-corrected chi connectivity index (χ4v) is 4.57. The lowest BCUT2D eigenvalue weighted by Crippen LogP contribution is -2.36. The summed E-state index contributed by atoms with van der Waals surface area (Å²) < 4.78 is 2.29. The first-order valence-corrected chi connectivity index (χ1v) is 10.5. The van der Waals surface area contributed by atoms with E-state index < -0.39 is 0 Å². The maximum Gasteiger partial charge on any atom is 0.127 e. The second-order valence-electron chi connectivity index (χ2n) is 8.06. The molecule has 0 saturated carbocycles. The van der Waals surface area contributed by atoms with Gasteiger partial charge in [0.2, 0.25) is 0 Å². The van der Waals surface area contributed by atoms with Gasteiger partial charge in [0.05, 0.1) is 35.2 Å². The summed E-state index contributed by atoms with van der Waals surface area (Å²) in [7, 11) is 0. The third-order valence-electron chi connectivity index (χ3n) is 5.99. The molecule has 2 aromatic heterocycles. The van der Waals surface area contributed by atoms with Gasteiger partial charge in [-0.1, -0.05) is 24.3 Å². The van der Waals surface area contributed by atoms with Crippen LogP contribution in [0.15, 0.2) is 48.5 Å². The fourth-order valence-electron chi connectivity index (χ4n) is 4.57. The Kier molecular flexibility index (Phi) is 5.04. The summed E-state index contributed by atoms with van der Waals surface area (Å²) in [4.78, 5) is 15.7. The molecule has 0 radical (unpaired) electrons. The van der Waals surface area contributed by atoms with Gasteiger partial charge in [0, 0.05) is 13.2 Å². The number of rotatable bonds is 6. The molecule has 3 heterocycles. The number of H-pyrrole nitrogens is 1. The molecule has 6 heteroatoms. The zero-order valence-corrected chi connectivity index (χ0v) is 16.6. The molecule has 1 unspecified atom stereocenters. The Bertz CT molecular complexity index is 1080. The van der Waals surface area contributed by atoms with E-state index >= 15 is 0 Å². The number of aliphatic hydroxyl groups excluding tert-OH is 1. The molecule has 150 valence electrons. The van der Waals surface area contributed by atoms with E-state index in [9.17, 15) is 5.11 Å². The number of hydrogen-bond acceptors (Lipinski definition) is 4. The number of nitrogens with one attached hydrogen (secondary N) is 1. The van der Waals surface area contributed by atoms with Gasteiger partial charge in [-0.05, 0) is 56.0 Å². The van der Waals surface area contributed by atoms with Crippen molar-refractivity contribution in [2.75, 3.05) is 19.7 Å². The Hall–Kier alpha value is -2.70. The molecule has 1 saturated heterocycles. The Morgan fingerprint density at radius 2 is 1.83 bits per heavy atom. The lowest BCUT2D eigenvalue weighted by molar-refractivity contribution is 0.139. The largest absolute Gasteiger partial charge is 0.396 e. The van der Waals surface area contributed by atoms with Gasteiger partial charge in [0.1, 0.15) is 11.6 Å². The minimum absolute atomic E-state index is 0.281. The SMILES string of the molecule is OCCC1CCCN(Cc2nc3ccccc3n2Cc2nc3ccccc3[nH]2)C1. The minimum atomic E-state index is 0.281. The highest BCUT2D eigenvalue weighted by Gasteiger charge is 2.22. The third-order valence-corrected chi connectivity index (χ3v) is 5.99. The van der Waals surface area contributed by atoms with Gasteiger partial charge < -0.3 is 14.7 Å². The smallest absolute Gasteiger partial charge is 0.127 e. The standard InChI is InChI=1S/C23H27N5O/c29-13-11-17-6-5-12-27(14-17)16-23-26-20-9-3-4-10-21(20)28(23)15-22-24-18-7-1-2-8-19(18)25-22/h1-4,7-10,17,29H,5-6,11-16H2,(H,24,25). The number of aromatic amines is 1. The van der Waals surface area contributed by atoms with E-state index in [0.29, 0.717) is 12.5 Å². The van der Waals surface area contributed by atoms with Crippen LogP contribution in [0.3, 0.4) is 0 Å². The first kappa shape index (κ1) is 18.3. The molecule has 2 aromatic carbocycles. The highest BCUT2D eigenvalue weighted by atomic mass is 16.3. The van der Waals surface area contributed by atoms with Crippen molar-refractivity contribution in [1.29, 1.82) is 0 Å². The maximum atomic E-state index is 9.31. The average Bonchev–Trinajstić information content (AvgIpc) is 3.30. The van der Waals surface area contributed by atoms with Crippen LogP contribution in [0.25, 0.3) is 22.1 Å². The van der Waals surface area contributed by atoms with E-state index in [0.717, 1.165) is 59.8 Å². The summed E-state index contributed by atoms with van der Waals surface area (Å²) in [6.45, 7) is 3.92. The zero-order chi connectivity index (χ0) is 19.6. The quantitative estimate of drug-likeness (QED) is 0.529. The van der Waals surface area contributed by atoms with Gasteiger partial charge >= 0.3 is 0 Å². The normalized spacial score (nSPS) is 18.0. The van der Waals surface area contributed by atoms with E-state index in [1.54, 1.807) is 0 Å². The number of aliphatic hydroxyl groups is 1. The third kappa shape index (κ3) is 3.78. The van der Waals surface area contributed by atoms with Gasteiger partial charge in [0.25, 0.3) is 0 Å². The molecule has 1 atom stereocenters. The maximum absolute atomic E-state index is 9.31. The lowest BCUT2D eigenvalue weighted by atomic mass is 9.95. The predicted octanol–water partition coefficient (Wildman–Crippen LogP) is 3.56. The summed E-state index contributed by atoms with van der Waals surface area (Å²) in [6.07, 6.45) is 3.30. The van der Waals surface area contributed by atoms with E-state index in [-0.39, 0.29) is 6.61 Å². The molecular weight excluding hydrogens is 362 g/mol. The summed E-state index contributed by atoms with van der Waals surface area (Å²) >= 11 is 0. The number of nitrogens with zero attached hydrogens (tertiary/aromatic N) is 4. The number of imidazole rings is 2. The molecule has 4 aromatic rings. The van der Waals surface area contributed by atoms with Crippen LogP contribution in [0, 0.1) is 5.92 Å². The predicted molar refractivity (Wildman–Crippen MR) is 115 cm³/mol. The lowest BCUT2D eigenvalue weighted by Gasteiger charge is -2.32. The Balaban J connectivity index is 1.45. The number of fused-ring (bicyclic) bond motifs is 2. The molecular formula is C23H27N5O. The van der Waals surface area contributed by atoms with Crippen molar-refractivity contribution in [1.82, 2.24) is 24.4 Å². The highest BCUT2D eigenvalue weighted by molar-refractivity contribution is 5.77. The number of benzene rings is 2. The van der Waals surface area contributed by atoms with Crippen LogP contribution >= 0.6 is 0 Å². The van der Waals surface area contributed by atoms with Gasteiger partial charge in [-0.25, -0.2) is 9.97 Å². The van der Waals surface area contributed by atoms with Crippen LogP contribution in [-0.4, -0.2) is 49.2 Å². The summed E-state index contributed by atoms with van der Waals surface area (Å²) in [5, 5.41) is 9.31. The zero-order valence-electron chi connectivity index (χ0n) is 16.6. The van der Waals surface area contributed by atoms with Crippen LogP contribution in [0.5, 0.6) is 0 Å². The molecule has 0 bridgehead atoms. The summed E-state index contributed by atoms with van der Waals surface area (Å²) in [6, 6.07) is 16.5. The molecule has 29 heavy (non-hydrogen) atoms. The van der Waals surface area contributed by atoms with Gasteiger partial charge in [-0.2, -0.15) is 0 Å². The first-order chi connectivity index (χ1) is 14.3. The van der Waals surface area contributed by atoms with Crippen molar-refractivity contribution in [2.45, 2.75) is 32.4 Å². The molecule has 1 aliphatic heterocycles. The topological polar surface area (TPSA) is 70.0 Å². The van der Waals surface area contributed by atoms with Crippen LogP contribution in [0.1, 0.15) is 30.9 Å². The Morgan fingerprint density at radius 1 is 1.00 bits per heavy atom. The summed E-state index contributed by atoms with van der Waals surface area (Å²) in [5.41, 5.74) is 4.24.